The summed E-state index contributed by atoms with van der Waals surface area (Å²) in [5.74, 6) is -0.0269. The third-order valence-electron chi connectivity index (χ3n) is 4.50. The number of fused-ring (bicyclic) bond motifs is 1. The highest BCUT2D eigenvalue weighted by Gasteiger charge is 2.13. The molecule has 2 aromatic carbocycles. The first-order valence-corrected chi connectivity index (χ1v) is 9.35. The van der Waals surface area contributed by atoms with E-state index in [9.17, 15) is 9.90 Å². The molecule has 4 aromatic rings. The number of nitrogens with zero attached hydrogens (tertiary/aromatic N) is 1. The van der Waals surface area contributed by atoms with Crippen LogP contribution in [0.25, 0.3) is 33.7 Å². The van der Waals surface area contributed by atoms with Crippen LogP contribution in [0.5, 0.6) is 0 Å². The van der Waals surface area contributed by atoms with E-state index in [2.05, 4.69) is 40.0 Å². The molecule has 4 rings (SSSR count). The monoisotopic (exact) mass is 420 g/mol. The molecule has 0 amide bonds. The number of aromatic carboxylic acids is 1. The van der Waals surface area contributed by atoms with Crippen molar-refractivity contribution in [3.05, 3.63) is 76.3 Å². The minimum absolute atomic E-state index is 0.0848. The molecular weight excluding hydrogens is 406 g/mol. The first-order chi connectivity index (χ1) is 13.0. The number of carboxylic acid groups (broad SMARTS) is 1. The molecule has 0 fully saturated rings. The Morgan fingerprint density at radius 1 is 1.04 bits per heavy atom. The van der Waals surface area contributed by atoms with E-state index in [1.807, 2.05) is 24.3 Å². The van der Waals surface area contributed by atoms with Crippen LogP contribution in [0.2, 0.25) is 0 Å². The summed E-state index contributed by atoms with van der Waals surface area (Å²) in [6.07, 6.45) is 0.979. The van der Waals surface area contributed by atoms with Gasteiger partial charge in [0.15, 0.2) is 5.76 Å². The zero-order valence-corrected chi connectivity index (χ0v) is 16.1. The zero-order chi connectivity index (χ0) is 19.0. The minimum Gasteiger partial charge on any atom is -0.545 e. The first kappa shape index (κ1) is 17.5. The molecule has 0 unspecified atom stereocenters. The van der Waals surface area contributed by atoms with Gasteiger partial charge in [-0.05, 0) is 48.4 Å². The number of halogens is 1. The molecule has 5 heteroatoms. The molecule has 0 saturated heterocycles. The Morgan fingerprint density at radius 3 is 2.48 bits per heavy atom. The molecule has 2 aromatic heterocycles. The van der Waals surface area contributed by atoms with Crippen molar-refractivity contribution in [3.63, 3.8) is 0 Å². The molecule has 134 valence electrons. The molecular formula is C22H15BrNO3-. The van der Waals surface area contributed by atoms with Crippen molar-refractivity contribution in [2.24, 2.45) is 0 Å². The molecule has 0 bridgehead atoms. The lowest BCUT2D eigenvalue weighted by Gasteiger charge is -2.10. The maximum absolute atomic E-state index is 11.6. The van der Waals surface area contributed by atoms with Crippen LogP contribution in [0.3, 0.4) is 0 Å². The summed E-state index contributed by atoms with van der Waals surface area (Å²) in [6.45, 7) is 2.11. The van der Waals surface area contributed by atoms with Gasteiger partial charge in [0.25, 0.3) is 0 Å². The number of benzene rings is 2. The van der Waals surface area contributed by atoms with Gasteiger partial charge in [0.1, 0.15) is 11.5 Å². The van der Waals surface area contributed by atoms with E-state index in [0.29, 0.717) is 28.1 Å². The van der Waals surface area contributed by atoms with Gasteiger partial charge in [0.05, 0.1) is 11.5 Å². The molecule has 0 aliphatic rings. The number of hydrogen-bond donors (Lipinski definition) is 0. The molecule has 0 radical (unpaired) electrons. The van der Waals surface area contributed by atoms with Crippen molar-refractivity contribution < 1.29 is 14.3 Å². The van der Waals surface area contributed by atoms with Crippen LogP contribution in [0, 0.1) is 0 Å². The Kier molecular flexibility index (Phi) is 4.54. The van der Waals surface area contributed by atoms with Crippen molar-refractivity contribution in [2.45, 2.75) is 13.3 Å². The van der Waals surface area contributed by atoms with Crippen LogP contribution in [0.1, 0.15) is 22.8 Å². The molecule has 2 heterocycles. The molecule has 4 nitrogen and oxygen atoms in total. The number of carbonyl (C=O) groups excluding carboxylic acids is 1. The van der Waals surface area contributed by atoms with E-state index in [0.717, 1.165) is 16.5 Å². The summed E-state index contributed by atoms with van der Waals surface area (Å²) in [5.41, 5.74) is 3.33. The molecule has 0 aliphatic carbocycles. The maximum atomic E-state index is 11.6. The zero-order valence-electron chi connectivity index (χ0n) is 14.5. The number of aryl methyl sites for hydroxylation is 1. The number of furan rings is 1. The number of hydrogen-bond acceptors (Lipinski definition) is 4. The number of aromatic nitrogens is 1. The SMILES string of the molecule is CCc1ccc(-c2ccc(-c3cc(C(=O)[O-])c4cc(Br)ccc4n3)o2)cc1. The molecule has 0 atom stereocenters. The third-order valence-corrected chi connectivity index (χ3v) is 4.99. The van der Waals surface area contributed by atoms with Gasteiger partial charge < -0.3 is 14.3 Å². The molecule has 0 spiro atoms. The number of carbonyl (C=O) groups is 1. The van der Waals surface area contributed by atoms with Gasteiger partial charge in [-0.15, -0.1) is 0 Å². The molecule has 27 heavy (non-hydrogen) atoms. The van der Waals surface area contributed by atoms with Crippen molar-refractivity contribution in [1.29, 1.82) is 0 Å². The van der Waals surface area contributed by atoms with Gasteiger partial charge in [0, 0.05) is 21.0 Å². The van der Waals surface area contributed by atoms with Gasteiger partial charge >= 0.3 is 0 Å². The standard InChI is InChI=1S/C22H16BrNO3/c1-2-13-3-5-14(6-4-13)20-9-10-21(27-20)19-12-17(22(25)26)16-11-15(23)7-8-18(16)24-19/h3-12H,2H2,1H3,(H,25,26)/p-1. The summed E-state index contributed by atoms with van der Waals surface area (Å²) < 4.78 is 6.73. The number of pyridine rings is 1. The molecule has 0 saturated carbocycles. The number of carboxylic acids is 1. The Labute approximate surface area is 164 Å². The van der Waals surface area contributed by atoms with Gasteiger partial charge in [-0.3, -0.25) is 0 Å². The second-order valence-electron chi connectivity index (χ2n) is 6.22. The van der Waals surface area contributed by atoms with Gasteiger partial charge in [-0.2, -0.15) is 0 Å². The summed E-state index contributed by atoms with van der Waals surface area (Å²) in [5, 5.41) is 12.1. The largest absolute Gasteiger partial charge is 0.545 e. The van der Waals surface area contributed by atoms with Crippen LogP contribution >= 0.6 is 15.9 Å². The highest BCUT2D eigenvalue weighted by Crippen LogP contribution is 2.31. The minimum atomic E-state index is -1.25. The normalized spacial score (nSPS) is 11.0. The Hall–Kier alpha value is -2.92. The highest BCUT2D eigenvalue weighted by molar-refractivity contribution is 9.10. The smallest absolute Gasteiger partial charge is 0.153 e. The maximum Gasteiger partial charge on any atom is 0.153 e. The van der Waals surface area contributed by atoms with Crippen molar-refractivity contribution in [2.75, 3.05) is 0 Å². The van der Waals surface area contributed by atoms with E-state index >= 15 is 0 Å². The van der Waals surface area contributed by atoms with Gasteiger partial charge in [0.2, 0.25) is 0 Å². The van der Waals surface area contributed by atoms with E-state index in [4.69, 9.17) is 4.42 Å². The number of rotatable bonds is 4. The van der Waals surface area contributed by atoms with Crippen molar-refractivity contribution in [1.82, 2.24) is 4.98 Å². The predicted octanol–water partition coefficient (Wildman–Crippen LogP) is 4.85. The van der Waals surface area contributed by atoms with Crippen LogP contribution in [0.4, 0.5) is 0 Å². The van der Waals surface area contributed by atoms with Crippen LogP contribution in [-0.4, -0.2) is 11.0 Å². The molecule has 0 aliphatic heterocycles. The van der Waals surface area contributed by atoms with E-state index in [-0.39, 0.29) is 5.56 Å². The van der Waals surface area contributed by atoms with Crippen LogP contribution in [0.15, 0.2) is 69.6 Å². The first-order valence-electron chi connectivity index (χ1n) is 8.56. The average Bonchev–Trinajstić information content (AvgIpc) is 3.17. The third kappa shape index (κ3) is 3.38. The van der Waals surface area contributed by atoms with Gasteiger partial charge in [-0.25, -0.2) is 4.98 Å². The van der Waals surface area contributed by atoms with Crippen molar-refractivity contribution in [3.8, 4) is 22.8 Å². The molecule has 0 N–H and O–H groups in total. The van der Waals surface area contributed by atoms with Crippen LogP contribution in [-0.2, 0) is 6.42 Å². The summed E-state index contributed by atoms with van der Waals surface area (Å²) >= 11 is 3.36. The van der Waals surface area contributed by atoms with Gasteiger partial charge in [-0.1, -0.05) is 47.1 Å². The average molecular weight is 421 g/mol. The fourth-order valence-corrected chi connectivity index (χ4v) is 3.39. The summed E-state index contributed by atoms with van der Waals surface area (Å²) in [4.78, 5) is 16.2. The van der Waals surface area contributed by atoms with Crippen LogP contribution < -0.4 is 5.11 Å². The topological polar surface area (TPSA) is 66.2 Å². The summed E-state index contributed by atoms with van der Waals surface area (Å²) in [7, 11) is 0. The quantitative estimate of drug-likeness (QED) is 0.473. The lowest BCUT2D eigenvalue weighted by molar-refractivity contribution is -0.254. The Bertz CT molecular complexity index is 1150. The lowest BCUT2D eigenvalue weighted by Crippen LogP contribution is -2.22. The van der Waals surface area contributed by atoms with E-state index < -0.39 is 5.97 Å². The second kappa shape index (κ2) is 7.00. The van der Waals surface area contributed by atoms with E-state index in [1.54, 1.807) is 18.2 Å². The summed E-state index contributed by atoms with van der Waals surface area (Å²) in [6, 6.07) is 18.6. The van der Waals surface area contributed by atoms with E-state index in [1.165, 1.54) is 11.6 Å². The Balaban J connectivity index is 1.79. The fraction of sp³-hybridized carbons (Fsp3) is 0.0909. The second-order valence-corrected chi connectivity index (χ2v) is 7.13. The Morgan fingerprint density at radius 2 is 1.78 bits per heavy atom. The van der Waals surface area contributed by atoms with Crippen molar-refractivity contribution >= 4 is 32.8 Å². The lowest BCUT2D eigenvalue weighted by atomic mass is 10.1. The highest BCUT2D eigenvalue weighted by atomic mass is 79.9. The fourth-order valence-electron chi connectivity index (χ4n) is 3.03. The predicted molar refractivity (Wildman–Crippen MR) is 106 cm³/mol.